The quantitative estimate of drug-likeness (QED) is 0.736. The number of benzene rings is 1. The van der Waals surface area contributed by atoms with E-state index in [4.69, 9.17) is 4.74 Å². The molecule has 1 aliphatic rings. The van der Waals surface area contributed by atoms with Crippen LogP contribution in [-0.2, 0) is 14.3 Å². The zero-order valence-corrected chi connectivity index (χ0v) is 14.4. The van der Waals surface area contributed by atoms with Gasteiger partial charge in [0.1, 0.15) is 6.04 Å². The predicted molar refractivity (Wildman–Crippen MR) is 92.5 cm³/mol. The predicted octanol–water partition coefficient (Wildman–Crippen LogP) is 2.13. The van der Waals surface area contributed by atoms with Crippen LogP contribution in [0.3, 0.4) is 0 Å². The number of piperidine rings is 1. The van der Waals surface area contributed by atoms with Crippen molar-refractivity contribution in [2.45, 2.75) is 38.1 Å². The zero-order valence-electron chi connectivity index (χ0n) is 14.4. The van der Waals surface area contributed by atoms with Crippen molar-refractivity contribution < 1.29 is 24.2 Å². The van der Waals surface area contributed by atoms with E-state index < -0.39 is 12.0 Å². The Balaban J connectivity index is 2.05. The first-order valence-corrected chi connectivity index (χ1v) is 8.45. The molecular formula is C18H24N2O5. The summed E-state index contributed by atoms with van der Waals surface area (Å²) in [7, 11) is 1.58. The Morgan fingerprint density at radius 2 is 2.12 bits per heavy atom. The minimum atomic E-state index is -0.976. The summed E-state index contributed by atoms with van der Waals surface area (Å²) in [5, 5.41) is 12.1. The van der Waals surface area contributed by atoms with E-state index in [0.29, 0.717) is 43.7 Å². The molecule has 1 aromatic rings. The molecule has 2 N–H and O–H groups in total. The fourth-order valence-corrected chi connectivity index (χ4v) is 2.93. The Bertz CT molecular complexity index is 632. The molecular weight excluding hydrogens is 324 g/mol. The highest BCUT2D eigenvalue weighted by atomic mass is 16.5. The first-order valence-electron chi connectivity index (χ1n) is 8.45. The molecule has 1 unspecified atom stereocenters. The van der Waals surface area contributed by atoms with Gasteiger partial charge in [0.2, 0.25) is 5.91 Å². The molecule has 0 aliphatic carbocycles. The highest BCUT2D eigenvalue weighted by molar-refractivity contribution is 5.98. The van der Waals surface area contributed by atoms with Crippen LogP contribution in [0.5, 0.6) is 0 Å². The maximum atomic E-state index is 12.7. The molecule has 7 heteroatoms. The van der Waals surface area contributed by atoms with E-state index in [1.165, 1.54) is 4.90 Å². The number of aliphatic carboxylic acids is 1. The second-order valence-electron chi connectivity index (χ2n) is 6.07. The second kappa shape index (κ2) is 9.17. The van der Waals surface area contributed by atoms with Crippen molar-refractivity contribution in [1.82, 2.24) is 4.90 Å². The maximum Gasteiger partial charge on any atom is 0.326 e. The lowest BCUT2D eigenvalue weighted by Gasteiger charge is -2.33. The molecule has 1 fully saturated rings. The smallest absolute Gasteiger partial charge is 0.326 e. The van der Waals surface area contributed by atoms with E-state index in [2.05, 4.69) is 5.32 Å². The number of carboxylic acids is 1. The third kappa shape index (κ3) is 5.29. The molecule has 7 nitrogen and oxygen atoms in total. The van der Waals surface area contributed by atoms with Crippen LogP contribution >= 0.6 is 0 Å². The molecule has 2 rings (SSSR count). The number of carbonyl (C=O) groups excluding carboxylic acids is 2. The first-order chi connectivity index (χ1) is 12.0. The van der Waals surface area contributed by atoms with Crippen LogP contribution in [0.15, 0.2) is 24.3 Å². The fourth-order valence-electron chi connectivity index (χ4n) is 2.93. The summed E-state index contributed by atoms with van der Waals surface area (Å²) >= 11 is 0. The number of carbonyl (C=O) groups is 3. The van der Waals surface area contributed by atoms with Gasteiger partial charge in [0.05, 0.1) is 0 Å². The molecule has 2 amide bonds. The van der Waals surface area contributed by atoms with Crippen LogP contribution in [0, 0.1) is 0 Å². The van der Waals surface area contributed by atoms with E-state index in [0.717, 1.165) is 12.8 Å². The Morgan fingerprint density at radius 3 is 2.84 bits per heavy atom. The first kappa shape index (κ1) is 18.9. The number of nitrogens with zero attached hydrogens (tertiary/aromatic N) is 1. The average molecular weight is 348 g/mol. The van der Waals surface area contributed by atoms with E-state index in [1.807, 2.05) is 0 Å². The molecule has 1 atom stereocenters. The Kier molecular flexibility index (Phi) is 6.94. The lowest BCUT2D eigenvalue weighted by atomic mass is 10.0. The summed E-state index contributed by atoms with van der Waals surface area (Å²) in [5.41, 5.74) is 0.903. The molecule has 0 saturated carbocycles. The van der Waals surface area contributed by atoms with Crippen molar-refractivity contribution in [2.75, 3.05) is 25.6 Å². The minimum Gasteiger partial charge on any atom is -0.480 e. The fraction of sp³-hybridized carbons (Fsp3) is 0.500. The number of methoxy groups -OCH3 is 1. The van der Waals surface area contributed by atoms with Gasteiger partial charge in [-0.25, -0.2) is 4.79 Å². The number of anilines is 1. The number of rotatable bonds is 7. The standard InChI is InChI=1S/C18H24N2O5/c1-25-11-5-9-16(21)19-14-7-4-6-13(12-14)17(22)20-10-3-2-8-15(20)18(23)24/h4,6-7,12,15H,2-3,5,8-11H2,1H3,(H,19,21)(H,23,24). The summed E-state index contributed by atoms with van der Waals surface area (Å²) in [5.74, 6) is -1.44. The van der Waals surface area contributed by atoms with Crippen molar-refractivity contribution in [3.8, 4) is 0 Å². The van der Waals surface area contributed by atoms with Crippen LogP contribution in [0.4, 0.5) is 5.69 Å². The van der Waals surface area contributed by atoms with Crippen LogP contribution in [0.1, 0.15) is 42.5 Å². The number of hydrogen-bond acceptors (Lipinski definition) is 4. The van der Waals surface area contributed by atoms with Crippen LogP contribution in [-0.4, -0.2) is 54.1 Å². The summed E-state index contributed by atoms with van der Waals surface area (Å²) in [6.07, 6.45) is 3.02. The molecule has 25 heavy (non-hydrogen) atoms. The molecule has 136 valence electrons. The third-order valence-corrected chi connectivity index (χ3v) is 4.19. The van der Waals surface area contributed by atoms with Gasteiger partial charge >= 0.3 is 5.97 Å². The van der Waals surface area contributed by atoms with Crippen LogP contribution in [0.2, 0.25) is 0 Å². The summed E-state index contributed by atoms with van der Waals surface area (Å²) in [6.45, 7) is 0.945. The monoisotopic (exact) mass is 348 g/mol. The van der Waals surface area contributed by atoms with Gasteiger partial charge in [-0.05, 0) is 43.9 Å². The van der Waals surface area contributed by atoms with E-state index in [1.54, 1.807) is 31.4 Å². The van der Waals surface area contributed by atoms with Gasteiger partial charge in [-0.1, -0.05) is 6.07 Å². The number of nitrogens with one attached hydrogen (secondary N) is 1. The number of likely N-dealkylation sites (tertiary alicyclic amines) is 1. The molecule has 0 radical (unpaired) electrons. The van der Waals surface area contributed by atoms with Gasteiger partial charge in [-0.2, -0.15) is 0 Å². The number of hydrogen-bond donors (Lipinski definition) is 2. The van der Waals surface area contributed by atoms with Gasteiger partial charge in [0.15, 0.2) is 0 Å². The van der Waals surface area contributed by atoms with E-state index >= 15 is 0 Å². The molecule has 0 bridgehead atoms. The largest absolute Gasteiger partial charge is 0.480 e. The second-order valence-corrected chi connectivity index (χ2v) is 6.07. The lowest BCUT2D eigenvalue weighted by molar-refractivity contribution is -0.143. The number of ether oxygens (including phenoxy) is 1. The third-order valence-electron chi connectivity index (χ3n) is 4.19. The summed E-state index contributed by atoms with van der Waals surface area (Å²) < 4.78 is 4.91. The van der Waals surface area contributed by atoms with E-state index in [9.17, 15) is 19.5 Å². The number of amides is 2. The zero-order chi connectivity index (χ0) is 18.2. The molecule has 1 heterocycles. The van der Waals surface area contributed by atoms with Gasteiger partial charge in [0, 0.05) is 37.9 Å². The van der Waals surface area contributed by atoms with Crippen LogP contribution < -0.4 is 5.32 Å². The maximum absolute atomic E-state index is 12.7. The number of carboxylic acid groups (broad SMARTS) is 1. The van der Waals surface area contributed by atoms with E-state index in [-0.39, 0.29) is 11.8 Å². The SMILES string of the molecule is COCCCC(=O)Nc1cccc(C(=O)N2CCCCC2C(=O)O)c1. The van der Waals surface area contributed by atoms with Gasteiger partial charge in [0.25, 0.3) is 5.91 Å². The Labute approximate surface area is 147 Å². The highest BCUT2D eigenvalue weighted by Crippen LogP contribution is 2.21. The van der Waals surface area contributed by atoms with Gasteiger partial charge in [-0.3, -0.25) is 9.59 Å². The average Bonchev–Trinajstić information content (AvgIpc) is 2.61. The van der Waals surface area contributed by atoms with Crippen molar-refractivity contribution in [3.63, 3.8) is 0 Å². The van der Waals surface area contributed by atoms with Crippen molar-refractivity contribution >= 4 is 23.5 Å². The van der Waals surface area contributed by atoms with Crippen LogP contribution in [0.25, 0.3) is 0 Å². The molecule has 1 aliphatic heterocycles. The topological polar surface area (TPSA) is 95.9 Å². The van der Waals surface area contributed by atoms with Crippen molar-refractivity contribution in [3.05, 3.63) is 29.8 Å². The Hall–Kier alpha value is -2.41. The lowest BCUT2D eigenvalue weighted by Crippen LogP contribution is -2.48. The molecule has 0 aromatic heterocycles. The van der Waals surface area contributed by atoms with Crippen molar-refractivity contribution in [1.29, 1.82) is 0 Å². The molecule has 0 spiro atoms. The summed E-state index contributed by atoms with van der Waals surface area (Å²) in [4.78, 5) is 37.4. The highest BCUT2D eigenvalue weighted by Gasteiger charge is 2.32. The minimum absolute atomic E-state index is 0.150. The van der Waals surface area contributed by atoms with Gasteiger partial charge < -0.3 is 20.1 Å². The summed E-state index contributed by atoms with van der Waals surface area (Å²) in [6, 6.07) is 5.82. The molecule has 1 aromatic carbocycles. The van der Waals surface area contributed by atoms with Gasteiger partial charge in [-0.15, -0.1) is 0 Å². The Morgan fingerprint density at radius 1 is 1.32 bits per heavy atom. The molecule has 1 saturated heterocycles. The normalized spacial score (nSPS) is 17.2. The van der Waals surface area contributed by atoms with Crippen molar-refractivity contribution in [2.24, 2.45) is 0 Å².